The van der Waals surface area contributed by atoms with E-state index < -0.39 is 16.0 Å². The Balaban J connectivity index is 2.34. The molecule has 0 aliphatic carbocycles. The first-order valence-corrected chi connectivity index (χ1v) is 9.06. The Labute approximate surface area is 144 Å². The van der Waals surface area contributed by atoms with Crippen LogP contribution in [0.25, 0.3) is 0 Å². The van der Waals surface area contributed by atoms with Gasteiger partial charge in [0.05, 0.1) is 26.2 Å². The van der Waals surface area contributed by atoms with Gasteiger partial charge in [0.1, 0.15) is 9.88 Å². The monoisotopic (exact) mass is 371 g/mol. The van der Waals surface area contributed by atoms with Crippen molar-refractivity contribution in [2.45, 2.75) is 11.8 Å². The van der Waals surface area contributed by atoms with Crippen molar-refractivity contribution in [1.82, 2.24) is 0 Å². The number of aryl methyl sites for hydroxylation is 1. The van der Waals surface area contributed by atoms with Crippen molar-refractivity contribution in [2.24, 2.45) is 0 Å². The molecule has 7 nitrogen and oxygen atoms in total. The van der Waals surface area contributed by atoms with E-state index >= 15 is 0 Å². The molecule has 1 aromatic carbocycles. The molecular weight excluding hydrogens is 354 g/mol. The smallest absolute Gasteiger partial charge is 0.348 e. The molecule has 24 heavy (non-hydrogen) atoms. The zero-order valence-corrected chi connectivity index (χ0v) is 15.2. The van der Waals surface area contributed by atoms with Gasteiger partial charge >= 0.3 is 5.97 Å². The molecule has 0 atom stereocenters. The maximum atomic E-state index is 12.5. The van der Waals surface area contributed by atoms with Gasteiger partial charge in [-0.2, -0.15) is 0 Å². The fourth-order valence-corrected chi connectivity index (χ4v) is 4.29. The summed E-state index contributed by atoms with van der Waals surface area (Å²) >= 11 is 1.01. The minimum atomic E-state index is -3.83. The molecule has 0 unspecified atom stereocenters. The highest BCUT2D eigenvalue weighted by atomic mass is 32.2. The number of ether oxygens (including phenoxy) is 3. The predicted octanol–water partition coefficient (Wildman–Crippen LogP) is 2.66. The third kappa shape index (κ3) is 3.62. The highest BCUT2D eigenvalue weighted by Gasteiger charge is 2.20. The number of carbonyl (C=O) groups excluding carboxylic acids is 1. The quantitative estimate of drug-likeness (QED) is 0.785. The van der Waals surface area contributed by atoms with Crippen LogP contribution in [0, 0.1) is 6.92 Å². The van der Waals surface area contributed by atoms with E-state index in [1.165, 1.54) is 39.5 Å². The van der Waals surface area contributed by atoms with E-state index in [4.69, 9.17) is 9.47 Å². The summed E-state index contributed by atoms with van der Waals surface area (Å²) in [5.41, 5.74) is 0.636. The standard InChI is InChI=1S/C15H17NO6S2/c1-9-7-13(23-14(9)15(17)22-4)16-24(18,19)10-5-6-11(20-2)12(8-10)21-3/h5-8,16H,1-4H3. The molecule has 0 saturated heterocycles. The maximum Gasteiger partial charge on any atom is 0.348 e. The van der Waals surface area contributed by atoms with Crippen molar-refractivity contribution in [2.75, 3.05) is 26.1 Å². The predicted molar refractivity (Wildman–Crippen MR) is 90.8 cm³/mol. The summed E-state index contributed by atoms with van der Waals surface area (Å²) in [6, 6.07) is 5.86. The highest BCUT2D eigenvalue weighted by molar-refractivity contribution is 7.93. The normalized spacial score (nSPS) is 11.0. The summed E-state index contributed by atoms with van der Waals surface area (Å²) in [6.45, 7) is 1.71. The Hall–Kier alpha value is -2.26. The van der Waals surface area contributed by atoms with Gasteiger partial charge in [-0.3, -0.25) is 4.72 Å². The van der Waals surface area contributed by atoms with Crippen molar-refractivity contribution in [1.29, 1.82) is 0 Å². The lowest BCUT2D eigenvalue weighted by Gasteiger charge is -2.10. The second kappa shape index (κ2) is 7.10. The number of hydrogen-bond acceptors (Lipinski definition) is 7. The van der Waals surface area contributed by atoms with Crippen molar-refractivity contribution < 1.29 is 27.4 Å². The SMILES string of the molecule is COC(=O)c1sc(NS(=O)(=O)c2ccc(OC)c(OC)c2)cc1C. The van der Waals surface area contributed by atoms with E-state index in [1.807, 2.05) is 0 Å². The second-order valence-corrected chi connectivity index (χ2v) is 7.47. The molecule has 0 fully saturated rings. The number of benzene rings is 1. The van der Waals surface area contributed by atoms with Crippen LogP contribution in [0.1, 0.15) is 15.2 Å². The fraction of sp³-hybridized carbons (Fsp3) is 0.267. The second-order valence-electron chi connectivity index (χ2n) is 4.74. The Morgan fingerprint density at radius 3 is 2.33 bits per heavy atom. The highest BCUT2D eigenvalue weighted by Crippen LogP contribution is 2.32. The van der Waals surface area contributed by atoms with Gasteiger partial charge in [0, 0.05) is 6.07 Å². The molecule has 2 aromatic rings. The van der Waals surface area contributed by atoms with Gasteiger partial charge in [0.25, 0.3) is 10.0 Å². The topological polar surface area (TPSA) is 90.9 Å². The number of esters is 1. The van der Waals surface area contributed by atoms with E-state index in [0.717, 1.165) is 11.3 Å². The van der Waals surface area contributed by atoms with Gasteiger partial charge in [0.2, 0.25) is 0 Å². The summed E-state index contributed by atoms with van der Waals surface area (Å²) in [5.74, 6) is 0.225. The van der Waals surface area contributed by atoms with Crippen LogP contribution in [0.3, 0.4) is 0 Å². The van der Waals surface area contributed by atoms with Crippen molar-refractivity contribution in [3.05, 3.63) is 34.7 Å². The number of nitrogens with one attached hydrogen (secondary N) is 1. The summed E-state index contributed by atoms with van der Waals surface area (Å²) < 4.78 is 42.3. The molecule has 1 aromatic heterocycles. The van der Waals surface area contributed by atoms with Crippen LogP contribution in [0.15, 0.2) is 29.2 Å². The maximum absolute atomic E-state index is 12.5. The van der Waals surface area contributed by atoms with Gasteiger partial charge < -0.3 is 14.2 Å². The van der Waals surface area contributed by atoms with Crippen molar-refractivity contribution in [3.63, 3.8) is 0 Å². The van der Waals surface area contributed by atoms with Gasteiger partial charge in [0.15, 0.2) is 11.5 Å². The van der Waals surface area contributed by atoms with Gasteiger partial charge in [-0.25, -0.2) is 13.2 Å². The molecule has 1 heterocycles. The van der Waals surface area contributed by atoms with Gasteiger partial charge in [-0.1, -0.05) is 0 Å². The van der Waals surface area contributed by atoms with Crippen LogP contribution in [0.4, 0.5) is 5.00 Å². The Morgan fingerprint density at radius 1 is 1.08 bits per heavy atom. The number of hydrogen-bond donors (Lipinski definition) is 1. The van der Waals surface area contributed by atoms with Crippen LogP contribution < -0.4 is 14.2 Å². The lowest BCUT2D eigenvalue weighted by atomic mass is 10.3. The first-order valence-electron chi connectivity index (χ1n) is 6.76. The number of carbonyl (C=O) groups is 1. The first kappa shape index (κ1) is 18.1. The summed E-state index contributed by atoms with van der Waals surface area (Å²) in [4.78, 5) is 12.0. The van der Waals surface area contributed by atoms with Crippen LogP contribution in [-0.2, 0) is 14.8 Å². The Bertz CT molecular complexity index is 857. The van der Waals surface area contributed by atoms with Crippen molar-refractivity contribution >= 4 is 32.3 Å². The average molecular weight is 371 g/mol. The lowest BCUT2D eigenvalue weighted by molar-refractivity contribution is 0.0605. The minimum Gasteiger partial charge on any atom is -0.493 e. The summed E-state index contributed by atoms with van der Waals surface area (Å²) in [7, 11) is 0.328. The minimum absolute atomic E-state index is 0.0193. The molecular formula is C15H17NO6S2. The molecule has 1 N–H and O–H groups in total. The number of sulfonamides is 1. The third-order valence-electron chi connectivity index (χ3n) is 3.19. The molecule has 0 spiro atoms. The number of rotatable bonds is 6. The molecule has 0 saturated carbocycles. The Morgan fingerprint density at radius 2 is 1.75 bits per heavy atom. The van der Waals surface area contributed by atoms with Crippen LogP contribution in [-0.4, -0.2) is 35.7 Å². The molecule has 0 amide bonds. The van der Waals surface area contributed by atoms with E-state index in [1.54, 1.807) is 13.0 Å². The van der Waals surface area contributed by atoms with Crippen LogP contribution >= 0.6 is 11.3 Å². The van der Waals surface area contributed by atoms with Crippen LogP contribution in [0.2, 0.25) is 0 Å². The first-order chi connectivity index (χ1) is 11.3. The largest absolute Gasteiger partial charge is 0.493 e. The average Bonchev–Trinajstić information content (AvgIpc) is 2.92. The molecule has 9 heteroatoms. The number of thiophene rings is 1. The summed E-state index contributed by atoms with van der Waals surface area (Å²) in [5, 5.41) is 0.322. The molecule has 0 radical (unpaired) electrons. The molecule has 130 valence electrons. The van der Waals surface area contributed by atoms with E-state index in [2.05, 4.69) is 9.46 Å². The Kier molecular flexibility index (Phi) is 5.35. The molecule has 0 aliphatic heterocycles. The zero-order valence-electron chi connectivity index (χ0n) is 13.6. The number of anilines is 1. The lowest BCUT2D eigenvalue weighted by Crippen LogP contribution is -2.12. The van der Waals surface area contributed by atoms with E-state index in [0.29, 0.717) is 26.9 Å². The summed E-state index contributed by atoms with van der Waals surface area (Å²) in [6.07, 6.45) is 0. The molecule has 2 rings (SSSR count). The van der Waals surface area contributed by atoms with Gasteiger partial charge in [-0.15, -0.1) is 11.3 Å². The molecule has 0 aliphatic rings. The van der Waals surface area contributed by atoms with E-state index in [9.17, 15) is 13.2 Å². The zero-order chi connectivity index (χ0) is 17.9. The number of methoxy groups -OCH3 is 3. The van der Waals surface area contributed by atoms with Crippen LogP contribution in [0.5, 0.6) is 11.5 Å². The molecule has 0 bridgehead atoms. The fourth-order valence-electron chi connectivity index (χ4n) is 2.00. The van der Waals surface area contributed by atoms with E-state index in [-0.39, 0.29) is 4.90 Å². The van der Waals surface area contributed by atoms with Crippen molar-refractivity contribution in [3.8, 4) is 11.5 Å². The van der Waals surface area contributed by atoms with Gasteiger partial charge in [-0.05, 0) is 30.7 Å². The third-order valence-corrected chi connectivity index (χ3v) is 5.81.